The van der Waals surface area contributed by atoms with Crippen molar-refractivity contribution in [3.8, 4) is 0 Å². The number of aliphatic imine (C=N–C) groups is 1. The van der Waals surface area contributed by atoms with E-state index in [-0.39, 0.29) is 0 Å². The van der Waals surface area contributed by atoms with E-state index < -0.39 is 0 Å². The molecule has 2 N–H and O–H groups in total. The lowest BCUT2D eigenvalue weighted by Gasteiger charge is -2.11. The van der Waals surface area contributed by atoms with Crippen molar-refractivity contribution in [1.82, 2.24) is 10.6 Å². The average Bonchev–Trinajstić information content (AvgIpc) is 3.24. The van der Waals surface area contributed by atoms with Gasteiger partial charge in [0.05, 0.1) is 0 Å². The van der Waals surface area contributed by atoms with Gasteiger partial charge in [0.25, 0.3) is 0 Å². The molecule has 0 atom stereocenters. The molecule has 0 amide bonds. The van der Waals surface area contributed by atoms with Crippen molar-refractivity contribution < 1.29 is 4.74 Å². The maximum atomic E-state index is 5.59. The summed E-state index contributed by atoms with van der Waals surface area (Å²) in [5, 5.41) is 6.58. The fourth-order valence-corrected chi connectivity index (χ4v) is 2.12. The predicted molar refractivity (Wildman–Crippen MR) is 85.0 cm³/mol. The van der Waals surface area contributed by atoms with Crippen molar-refractivity contribution in [3.05, 3.63) is 12.7 Å². The van der Waals surface area contributed by atoms with E-state index in [4.69, 9.17) is 4.74 Å². The Bertz CT molecular complexity index is 267. The molecule has 0 bridgehead atoms. The van der Waals surface area contributed by atoms with Crippen LogP contribution < -0.4 is 10.6 Å². The van der Waals surface area contributed by atoms with Crippen LogP contribution >= 0.6 is 11.8 Å². The van der Waals surface area contributed by atoms with Crippen molar-refractivity contribution in [2.24, 2.45) is 10.9 Å². The molecule has 1 saturated carbocycles. The van der Waals surface area contributed by atoms with Crippen LogP contribution in [0.2, 0.25) is 0 Å². The summed E-state index contributed by atoms with van der Waals surface area (Å²) in [5.41, 5.74) is 0. The molecule has 0 unspecified atom stereocenters. The summed E-state index contributed by atoms with van der Waals surface area (Å²) in [7, 11) is 1.80. The number of rotatable bonds is 11. The molecule has 4 nitrogen and oxygen atoms in total. The molecule has 1 fully saturated rings. The van der Waals surface area contributed by atoms with E-state index in [1.54, 1.807) is 7.05 Å². The van der Waals surface area contributed by atoms with Crippen molar-refractivity contribution in [3.63, 3.8) is 0 Å². The molecule has 1 aliphatic rings. The molecule has 0 aromatic rings. The molecule has 0 aromatic heterocycles. The first kappa shape index (κ1) is 16.4. The third-order valence-corrected chi connectivity index (χ3v) is 3.77. The molecule has 0 saturated heterocycles. The zero-order valence-electron chi connectivity index (χ0n) is 12.0. The van der Waals surface area contributed by atoms with E-state index in [1.807, 2.05) is 17.8 Å². The summed E-state index contributed by atoms with van der Waals surface area (Å²) in [6.07, 6.45) is 5.68. The van der Waals surface area contributed by atoms with Crippen LogP contribution in [0.3, 0.4) is 0 Å². The van der Waals surface area contributed by atoms with Crippen LogP contribution in [-0.2, 0) is 4.74 Å². The Morgan fingerprint density at radius 1 is 1.42 bits per heavy atom. The smallest absolute Gasteiger partial charge is 0.191 e. The van der Waals surface area contributed by atoms with Crippen LogP contribution in [0.5, 0.6) is 0 Å². The molecule has 1 aliphatic carbocycles. The fourth-order valence-electron chi connectivity index (χ4n) is 1.54. The number of hydrogen-bond acceptors (Lipinski definition) is 3. The second kappa shape index (κ2) is 11.2. The Labute approximate surface area is 121 Å². The standard InChI is InChI=1S/C14H27N3OS/c1-3-10-19-11-8-17-14(15-2)16-7-4-9-18-12-13-5-6-13/h3,13H,1,4-12H2,2H3,(H2,15,16,17). The summed E-state index contributed by atoms with van der Waals surface area (Å²) in [5.74, 6) is 3.81. The maximum Gasteiger partial charge on any atom is 0.191 e. The van der Waals surface area contributed by atoms with Gasteiger partial charge in [-0.05, 0) is 25.2 Å². The number of hydrogen-bond donors (Lipinski definition) is 2. The van der Waals surface area contributed by atoms with Gasteiger partial charge in [0, 0.05) is 44.9 Å². The SMILES string of the molecule is C=CCSCCNC(=NC)NCCCOCC1CC1. The molecule has 19 heavy (non-hydrogen) atoms. The minimum absolute atomic E-state index is 0.843. The second-order valence-electron chi connectivity index (χ2n) is 4.66. The molecular weight excluding hydrogens is 258 g/mol. The van der Waals surface area contributed by atoms with Gasteiger partial charge in [-0.2, -0.15) is 11.8 Å². The Morgan fingerprint density at radius 3 is 2.89 bits per heavy atom. The van der Waals surface area contributed by atoms with Crippen LogP contribution in [0.1, 0.15) is 19.3 Å². The zero-order chi connectivity index (χ0) is 13.8. The topological polar surface area (TPSA) is 45.7 Å². The number of guanidine groups is 1. The van der Waals surface area contributed by atoms with Crippen molar-refractivity contribution >= 4 is 17.7 Å². The highest BCUT2D eigenvalue weighted by molar-refractivity contribution is 7.99. The van der Waals surface area contributed by atoms with Gasteiger partial charge in [0.1, 0.15) is 0 Å². The van der Waals surface area contributed by atoms with Crippen LogP contribution in [-0.4, -0.2) is 50.8 Å². The van der Waals surface area contributed by atoms with E-state index in [0.29, 0.717) is 0 Å². The van der Waals surface area contributed by atoms with Crippen LogP contribution in [0.25, 0.3) is 0 Å². The molecule has 0 heterocycles. The Balaban J connectivity index is 1.87. The van der Waals surface area contributed by atoms with E-state index >= 15 is 0 Å². The van der Waals surface area contributed by atoms with Gasteiger partial charge in [0.15, 0.2) is 5.96 Å². The molecule has 5 heteroatoms. The molecule has 0 aliphatic heterocycles. The minimum atomic E-state index is 0.843. The summed E-state index contributed by atoms with van der Waals surface area (Å²) < 4.78 is 5.59. The molecular formula is C14H27N3OS. The van der Waals surface area contributed by atoms with Crippen molar-refractivity contribution in [1.29, 1.82) is 0 Å². The van der Waals surface area contributed by atoms with Crippen LogP contribution in [0.15, 0.2) is 17.6 Å². The normalized spacial score (nSPS) is 15.3. The Kier molecular flexibility index (Phi) is 9.63. The fraction of sp³-hybridized carbons (Fsp3) is 0.786. The highest BCUT2D eigenvalue weighted by Gasteiger charge is 2.20. The van der Waals surface area contributed by atoms with Crippen LogP contribution in [0.4, 0.5) is 0 Å². The highest BCUT2D eigenvalue weighted by Crippen LogP contribution is 2.28. The zero-order valence-corrected chi connectivity index (χ0v) is 12.8. The van der Waals surface area contributed by atoms with Crippen molar-refractivity contribution in [2.75, 3.05) is 44.9 Å². The van der Waals surface area contributed by atoms with Gasteiger partial charge in [-0.1, -0.05) is 6.08 Å². The third-order valence-electron chi connectivity index (χ3n) is 2.81. The monoisotopic (exact) mass is 285 g/mol. The van der Waals surface area contributed by atoms with Gasteiger partial charge in [-0.15, -0.1) is 6.58 Å². The maximum absolute atomic E-state index is 5.59. The minimum Gasteiger partial charge on any atom is -0.381 e. The molecule has 110 valence electrons. The van der Waals surface area contributed by atoms with E-state index in [1.165, 1.54) is 12.8 Å². The average molecular weight is 285 g/mol. The van der Waals surface area contributed by atoms with Gasteiger partial charge in [0.2, 0.25) is 0 Å². The molecule has 1 rings (SSSR count). The number of nitrogens with one attached hydrogen (secondary N) is 2. The predicted octanol–water partition coefficient (Wildman–Crippen LogP) is 1.89. The summed E-state index contributed by atoms with van der Waals surface area (Å²) >= 11 is 1.87. The van der Waals surface area contributed by atoms with Gasteiger partial charge in [-0.3, -0.25) is 4.99 Å². The number of ether oxygens (including phenoxy) is 1. The third kappa shape index (κ3) is 9.85. The molecule has 0 radical (unpaired) electrons. The Hall–Kier alpha value is -0.680. The van der Waals surface area contributed by atoms with Gasteiger partial charge >= 0.3 is 0 Å². The molecule has 0 aromatic carbocycles. The van der Waals surface area contributed by atoms with E-state index in [0.717, 1.165) is 56.1 Å². The summed E-state index contributed by atoms with van der Waals surface area (Å²) in [6, 6.07) is 0. The van der Waals surface area contributed by atoms with E-state index in [2.05, 4.69) is 22.2 Å². The quantitative estimate of drug-likeness (QED) is 0.263. The first-order chi connectivity index (χ1) is 9.36. The second-order valence-corrected chi connectivity index (χ2v) is 5.81. The van der Waals surface area contributed by atoms with Crippen LogP contribution in [0, 0.1) is 5.92 Å². The number of nitrogens with zero attached hydrogens (tertiary/aromatic N) is 1. The Morgan fingerprint density at radius 2 is 2.21 bits per heavy atom. The highest BCUT2D eigenvalue weighted by atomic mass is 32.2. The number of thioether (sulfide) groups is 1. The lowest BCUT2D eigenvalue weighted by Crippen LogP contribution is -2.39. The van der Waals surface area contributed by atoms with E-state index in [9.17, 15) is 0 Å². The van der Waals surface area contributed by atoms with Gasteiger partial charge < -0.3 is 15.4 Å². The molecule has 0 spiro atoms. The van der Waals surface area contributed by atoms with Gasteiger partial charge in [-0.25, -0.2) is 0 Å². The lowest BCUT2D eigenvalue weighted by atomic mass is 10.4. The first-order valence-corrected chi connectivity index (χ1v) is 8.23. The summed E-state index contributed by atoms with van der Waals surface area (Å²) in [6.45, 7) is 7.33. The first-order valence-electron chi connectivity index (χ1n) is 7.07. The largest absolute Gasteiger partial charge is 0.381 e. The summed E-state index contributed by atoms with van der Waals surface area (Å²) in [4.78, 5) is 4.19. The lowest BCUT2D eigenvalue weighted by molar-refractivity contribution is 0.123. The van der Waals surface area contributed by atoms with Crippen molar-refractivity contribution in [2.45, 2.75) is 19.3 Å².